The third-order valence-corrected chi connectivity index (χ3v) is 5.12. The van der Waals surface area contributed by atoms with Crippen LogP contribution in [0.1, 0.15) is 32.8 Å². The van der Waals surface area contributed by atoms with Crippen molar-refractivity contribution in [2.45, 2.75) is 33.6 Å². The lowest BCUT2D eigenvalue weighted by Gasteiger charge is -2.18. The molecule has 0 unspecified atom stereocenters. The van der Waals surface area contributed by atoms with Crippen LogP contribution in [-0.4, -0.2) is 25.0 Å². The van der Waals surface area contributed by atoms with E-state index in [0.717, 1.165) is 24.3 Å². The Morgan fingerprint density at radius 1 is 0.824 bits per heavy atom. The fourth-order valence-electron chi connectivity index (χ4n) is 3.22. The third kappa shape index (κ3) is 7.96. The van der Waals surface area contributed by atoms with Crippen LogP contribution in [0.25, 0.3) is 0 Å². The van der Waals surface area contributed by atoms with Crippen LogP contribution in [0.5, 0.6) is 5.75 Å². The van der Waals surface area contributed by atoms with Gasteiger partial charge in [0.05, 0.1) is 18.8 Å². The summed E-state index contributed by atoms with van der Waals surface area (Å²) in [5.41, 5.74) is 2.81. The second kappa shape index (κ2) is 11.9. The van der Waals surface area contributed by atoms with Crippen LogP contribution in [0.2, 0.25) is 0 Å². The van der Waals surface area contributed by atoms with Gasteiger partial charge in [-0.25, -0.2) is 0 Å². The SMILES string of the molecule is CC(C)(C)C(=O)Nc1cccc(NC(=O)CNc2ccccc2OCCCc2ccccc2)c1. The smallest absolute Gasteiger partial charge is 0.243 e. The highest BCUT2D eigenvalue weighted by atomic mass is 16.5. The first-order chi connectivity index (χ1) is 16.3. The molecule has 178 valence electrons. The predicted octanol–water partition coefficient (Wildman–Crippen LogP) is 5.73. The Bertz CT molecular complexity index is 1090. The lowest BCUT2D eigenvalue weighted by Crippen LogP contribution is -2.27. The number of rotatable bonds is 10. The number of carbonyl (C=O) groups excluding carboxylic acids is 2. The summed E-state index contributed by atoms with van der Waals surface area (Å²) in [6.07, 6.45) is 1.86. The number of anilines is 3. The van der Waals surface area contributed by atoms with Crippen molar-refractivity contribution in [3.63, 3.8) is 0 Å². The molecule has 0 heterocycles. The van der Waals surface area contributed by atoms with E-state index in [1.165, 1.54) is 5.56 Å². The van der Waals surface area contributed by atoms with Gasteiger partial charge in [-0.15, -0.1) is 0 Å². The number of carbonyl (C=O) groups is 2. The Morgan fingerprint density at radius 2 is 1.50 bits per heavy atom. The van der Waals surface area contributed by atoms with Gasteiger partial charge in [-0.05, 0) is 48.7 Å². The summed E-state index contributed by atoms with van der Waals surface area (Å²) < 4.78 is 5.96. The first-order valence-corrected chi connectivity index (χ1v) is 11.5. The van der Waals surface area contributed by atoms with E-state index < -0.39 is 5.41 Å². The van der Waals surface area contributed by atoms with E-state index in [1.807, 2.05) is 63.2 Å². The summed E-state index contributed by atoms with van der Waals surface area (Å²) in [5.74, 6) is 0.437. The van der Waals surface area contributed by atoms with E-state index in [-0.39, 0.29) is 18.4 Å². The van der Waals surface area contributed by atoms with Crippen LogP contribution >= 0.6 is 0 Å². The van der Waals surface area contributed by atoms with Crippen LogP contribution in [0.3, 0.4) is 0 Å². The van der Waals surface area contributed by atoms with Gasteiger partial charge in [-0.2, -0.15) is 0 Å². The monoisotopic (exact) mass is 459 g/mol. The normalized spacial score (nSPS) is 10.9. The second-order valence-electron chi connectivity index (χ2n) is 9.12. The molecular formula is C28H33N3O3. The number of nitrogens with one attached hydrogen (secondary N) is 3. The van der Waals surface area contributed by atoms with Gasteiger partial charge in [-0.3, -0.25) is 9.59 Å². The minimum atomic E-state index is -0.500. The van der Waals surface area contributed by atoms with E-state index in [2.05, 4.69) is 28.1 Å². The Kier molecular flexibility index (Phi) is 8.68. The number of hydrogen-bond donors (Lipinski definition) is 3. The Labute approximate surface area is 201 Å². The topological polar surface area (TPSA) is 79.5 Å². The number of aryl methyl sites for hydroxylation is 1. The van der Waals surface area contributed by atoms with Crippen molar-refractivity contribution in [1.29, 1.82) is 0 Å². The molecule has 0 aliphatic rings. The van der Waals surface area contributed by atoms with E-state index >= 15 is 0 Å². The molecule has 0 aromatic heterocycles. The van der Waals surface area contributed by atoms with E-state index in [9.17, 15) is 9.59 Å². The summed E-state index contributed by atoms with van der Waals surface area (Å²) in [4.78, 5) is 24.7. The number of benzene rings is 3. The maximum Gasteiger partial charge on any atom is 0.243 e. The highest BCUT2D eigenvalue weighted by molar-refractivity contribution is 5.97. The maximum absolute atomic E-state index is 12.5. The highest BCUT2D eigenvalue weighted by Gasteiger charge is 2.21. The molecule has 34 heavy (non-hydrogen) atoms. The summed E-state index contributed by atoms with van der Waals surface area (Å²) in [6.45, 7) is 6.23. The highest BCUT2D eigenvalue weighted by Crippen LogP contribution is 2.24. The van der Waals surface area contributed by atoms with Crippen molar-refractivity contribution < 1.29 is 14.3 Å². The lowest BCUT2D eigenvalue weighted by atomic mass is 9.95. The van der Waals surface area contributed by atoms with Crippen molar-refractivity contribution >= 4 is 28.9 Å². The van der Waals surface area contributed by atoms with Crippen LogP contribution < -0.4 is 20.7 Å². The van der Waals surface area contributed by atoms with E-state index in [4.69, 9.17) is 4.74 Å². The number of amides is 2. The van der Waals surface area contributed by atoms with Crippen molar-refractivity contribution in [3.8, 4) is 5.75 Å². The standard InChI is InChI=1S/C28H33N3O3/c1-28(2,3)27(33)31-23-15-9-14-22(19-23)30-26(32)20-29-24-16-7-8-17-25(24)34-18-10-13-21-11-5-4-6-12-21/h4-9,11-12,14-17,19,29H,10,13,18,20H2,1-3H3,(H,30,32)(H,31,33). The Hall–Kier alpha value is -3.80. The summed E-state index contributed by atoms with van der Waals surface area (Å²) in [5, 5.41) is 8.89. The average molecular weight is 460 g/mol. The fourth-order valence-corrected chi connectivity index (χ4v) is 3.22. The largest absolute Gasteiger partial charge is 0.491 e. The molecule has 6 heteroatoms. The lowest BCUT2D eigenvalue weighted by molar-refractivity contribution is -0.123. The Morgan fingerprint density at radius 3 is 2.24 bits per heavy atom. The van der Waals surface area contributed by atoms with Gasteiger partial charge in [0, 0.05) is 16.8 Å². The molecule has 3 N–H and O–H groups in total. The molecule has 6 nitrogen and oxygen atoms in total. The molecule has 3 aromatic carbocycles. The fraction of sp³-hybridized carbons (Fsp3) is 0.286. The summed E-state index contributed by atoms with van der Waals surface area (Å²) in [7, 11) is 0. The van der Waals surface area contributed by atoms with E-state index in [0.29, 0.717) is 18.0 Å². The van der Waals surface area contributed by atoms with Gasteiger partial charge < -0.3 is 20.7 Å². The molecule has 0 bridgehead atoms. The molecule has 0 radical (unpaired) electrons. The molecule has 0 aliphatic carbocycles. The van der Waals surface area contributed by atoms with Crippen LogP contribution in [0.4, 0.5) is 17.1 Å². The van der Waals surface area contributed by atoms with Crippen molar-refractivity contribution in [1.82, 2.24) is 0 Å². The van der Waals surface area contributed by atoms with Gasteiger partial charge in [0.15, 0.2) is 0 Å². The van der Waals surface area contributed by atoms with Crippen LogP contribution in [-0.2, 0) is 16.0 Å². The van der Waals surface area contributed by atoms with Crippen molar-refractivity contribution in [2.75, 3.05) is 29.1 Å². The zero-order valence-corrected chi connectivity index (χ0v) is 20.1. The zero-order valence-electron chi connectivity index (χ0n) is 20.1. The minimum Gasteiger partial charge on any atom is -0.491 e. The molecule has 0 spiro atoms. The molecule has 0 saturated heterocycles. The van der Waals surface area contributed by atoms with Crippen LogP contribution in [0.15, 0.2) is 78.9 Å². The first kappa shape index (κ1) is 24.8. The van der Waals surface area contributed by atoms with Crippen LogP contribution in [0, 0.1) is 5.41 Å². The van der Waals surface area contributed by atoms with Gasteiger partial charge in [0.1, 0.15) is 5.75 Å². The van der Waals surface area contributed by atoms with Gasteiger partial charge in [-0.1, -0.05) is 69.3 Å². The second-order valence-corrected chi connectivity index (χ2v) is 9.12. The molecule has 3 aromatic rings. The van der Waals surface area contributed by atoms with Gasteiger partial charge in [0.25, 0.3) is 0 Å². The predicted molar refractivity (Wildman–Crippen MR) is 138 cm³/mol. The van der Waals surface area contributed by atoms with E-state index in [1.54, 1.807) is 24.3 Å². The zero-order chi connectivity index (χ0) is 24.4. The first-order valence-electron chi connectivity index (χ1n) is 11.5. The molecule has 0 aliphatic heterocycles. The molecule has 2 amide bonds. The Balaban J connectivity index is 1.48. The number of ether oxygens (including phenoxy) is 1. The maximum atomic E-state index is 12.5. The molecular weight excluding hydrogens is 426 g/mol. The number of para-hydroxylation sites is 2. The molecule has 0 atom stereocenters. The summed E-state index contributed by atoms with van der Waals surface area (Å²) in [6, 6.07) is 25.0. The molecule has 0 saturated carbocycles. The quantitative estimate of drug-likeness (QED) is 0.338. The average Bonchev–Trinajstić information content (AvgIpc) is 2.81. The number of hydrogen-bond acceptors (Lipinski definition) is 4. The molecule has 3 rings (SSSR count). The van der Waals surface area contributed by atoms with Crippen molar-refractivity contribution in [2.24, 2.45) is 5.41 Å². The third-order valence-electron chi connectivity index (χ3n) is 5.12. The molecule has 0 fully saturated rings. The van der Waals surface area contributed by atoms with Gasteiger partial charge in [0.2, 0.25) is 11.8 Å². The summed E-state index contributed by atoms with van der Waals surface area (Å²) >= 11 is 0. The van der Waals surface area contributed by atoms with Crippen molar-refractivity contribution in [3.05, 3.63) is 84.4 Å². The minimum absolute atomic E-state index is 0.0852. The van der Waals surface area contributed by atoms with Gasteiger partial charge >= 0.3 is 0 Å².